The van der Waals surface area contributed by atoms with Crippen molar-refractivity contribution < 1.29 is 9.53 Å². The van der Waals surface area contributed by atoms with Crippen molar-refractivity contribution in [2.45, 2.75) is 19.9 Å². The van der Waals surface area contributed by atoms with E-state index in [-0.39, 0.29) is 5.91 Å². The normalized spacial score (nSPS) is 13.9. The van der Waals surface area contributed by atoms with Crippen molar-refractivity contribution in [1.82, 2.24) is 9.88 Å². The second-order valence-electron chi connectivity index (χ2n) is 4.63. The molecule has 1 aliphatic heterocycles. The largest absolute Gasteiger partial charge is 0.477 e. The molecule has 4 nitrogen and oxygen atoms in total. The second kappa shape index (κ2) is 5.63. The van der Waals surface area contributed by atoms with Crippen molar-refractivity contribution >= 4 is 17.2 Å². The number of hydrogen-bond acceptors (Lipinski definition) is 4. The summed E-state index contributed by atoms with van der Waals surface area (Å²) in [6, 6.07) is 5.66. The van der Waals surface area contributed by atoms with Gasteiger partial charge in [-0.1, -0.05) is 0 Å². The highest BCUT2D eigenvalue weighted by atomic mass is 32.1. The first-order chi connectivity index (χ1) is 9.79. The molecule has 0 aromatic carbocycles. The molecule has 0 radical (unpaired) electrons. The fraction of sp³-hybridized carbons (Fsp3) is 0.333. The zero-order valence-corrected chi connectivity index (χ0v) is 12.2. The van der Waals surface area contributed by atoms with Crippen LogP contribution in [0.5, 0.6) is 5.88 Å². The van der Waals surface area contributed by atoms with Gasteiger partial charge in [0.05, 0.1) is 6.61 Å². The molecular weight excluding hydrogens is 272 g/mol. The van der Waals surface area contributed by atoms with Gasteiger partial charge in [-0.3, -0.25) is 4.79 Å². The SMILES string of the molecule is CCOc1ncccc1C(=O)N1CCc2sccc2C1. The van der Waals surface area contributed by atoms with E-state index in [1.165, 1.54) is 10.4 Å². The van der Waals surface area contributed by atoms with Crippen LogP contribution in [0.25, 0.3) is 0 Å². The van der Waals surface area contributed by atoms with Gasteiger partial charge < -0.3 is 9.64 Å². The molecule has 3 rings (SSSR count). The fourth-order valence-electron chi connectivity index (χ4n) is 2.40. The Morgan fingerprint density at radius 3 is 3.25 bits per heavy atom. The quantitative estimate of drug-likeness (QED) is 0.872. The molecule has 0 bridgehead atoms. The first-order valence-corrected chi connectivity index (χ1v) is 7.60. The molecule has 2 aromatic rings. The lowest BCUT2D eigenvalue weighted by Crippen LogP contribution is -2.35. The van der Waals surface area contributed by atoms with E-state index < -0.39 is 0 Å². The number of aromatic nitrogens is 1. The summed E-state index contributed by atoms with van der Waals surface area (Å²) in [5.74, 6) is 0.425. The first kappa shape index (κ1) is 13.1. The molecule has 0 aliphatic carbocycles. The Labute approximate surface area is 122 Å². The zero-order chi connectivity index (χ0) is 13.9. The summed E-state index contributed by atoms with van der Waals surface area (Å²) in [7, 11) is 0. The second-order valence-corrected chi connectivity index (χ2v) is 5.64. The van der Waals surface area contributed by atoms with Crippen LogP contribution in [-0.4, -0.2) is 28.9 Å². The number of nitrogens with zero attached hydrogens (tertiary/aromatic N) is 2. The lowest BCUT2D eigenvalue weighted by Gasteiger charge is -2.27. The predicted octanol–water partition coefficient (Wildman–Crippen LogP) is 2.74. The number of fused-ring (bicyclic) bond motifs is 1. The van der Waals surface area contributed by atoms with Crippen molar-refractivity contribution in [3.8, 4) is 5.88 Å². The average molecular weight is 288 g/mol. The van der Waals surface area contributed by atoms with E-state index in [0.29, 0.717) is 24.6 Å². The van der Waals surface area contributed by atoms with Gasteiger partial charge in [0.15, 0.2) is 0 Å². The van der Waals surface area contributed by atoms with Crippen molar-refractivity contribution in [2.75, 3.05) is 13.2 Å². The lowest BCUT2D eigenvalue weighted by molar-refractivity contribution is 0.0730. The molecule has 104 valence electrons. The van der Waals surface area contributed by atoms with Gasteiger partial charge in [-0.2, -0.15) is 0 Å². The fourth-order valence-corrected chi connectivity index (χ4v) is 3.29. The van der Waals surface area contributed by atoms with Gasteiger partial charge in [0, 0.05) is 24.2 Å². The third-order valence-electron chi connectivity index (χ3n) is 3.38. The third-order valence-corrected chi connectivity index (χ3v) is 4.40. The first-order valence-electron chi connectivity index (χ1n) is 6.72. The molecule has 1 amide bonds. The van der Waals surface area contributed by atoms with E-state index in [9.17, 15) is 4.79 Å². The van der Waals surface area contributed by atoms with E-state index in [1.807, 2.05) is 11.8 Å². The Morgan fingerprint density at radius 2 is 2.40 bits per heavy atom. The molecule has 0 spiro atoms. The highest BCUT2D eigenvalue weighted by Gasteiger charge is 2.24. The maximum absolute atomic E-state index is 12.6. The van der Waals surface area contributed by atoms with Gasteiger partial charge in [-0.15, -0.1) is 11.3 Å². The third kappa shape index (κ3) is 2.41. The van der Waals surface area contributed by atoms with Crippen LogP contribution in [0.3, 0.4) is 0 Å². The van der Waals surface area contributed by atoms with Crippen molar-refractivity contribution in [1.29, 1.82) is 0 Å². The standard InChI is InChI=1S/C15H16N2O2S/c1-2-19-14-12(4-3-7-16-14)15(18)17-8-5-13-11(10-17)6-9-20-13/h3-4,6-7,9H,2,5,8,10H2,1H3. The Morgan fingerprint density at radius 1 is 1.50 bits per heavy atom. The molecule has 0 atom stereocenters. The summed E-state index contributed by atoms with van der Waals surface area (Å²) in [4.78, 5) is 20.1. The molecule has 0 saturated heterocycles. The minimum atomic E-state index is -0.00148. The predicted molar refractivity (Wildman–Crippen MR) is 78.2 cm³/mol. The van der Waals surface area contributed by atoms with Crippen molar-refractivity contribution in [3.05, 3.63) is 45.8 Å². The molecule has 0 fully saturated rings. The summed E-state index contributed by atoms with van der Waals surface area (Å²) >= 11 is 1.77. The number of hydrogen-bond donors (Lipinski definition) is 0. The molecule has 2 aromatic heterocycles. The van der Waals surface area contributed by atoms with E-state index >= 15 is 0 Å². The number of thiophene rings is 1. The number of carbonyl (C=O) groups is 1. The van der Waals surface area contributed by atoms with Gasteiger partial charge in [0.25, 0.3) is 5.91 Å². The molecule has 0 N–H and O–H groups in total. The van der Waals surface area contributed by atoms with Crippen LogP contribution in [0.2, 0.25) is 0 Å². The Balaban J connectivity index is 1.83. The Bertz CT molecular complexity index is 624. The molecule has 20 heavy (non-hydrogen) atoms. The van der Waals surface area contributed by atoms with Crippen LogP contribution < -0.4 is 4.74 Å². The van der Waals surface area contributed by atoms with E-state index in [0.717, 1.165) is 13.0 Å². The molecule has 0 unspecified atom stereocenters. The van der Waals surface area contributed by atoms with Gasteiger partial charge in [0.1, 0.15) is 5.56 Å². The molecule has 1 aliphatic rings. The summed E-state index contributed by atoms with van der Waals surface area (Å²) < 4.78 is 5.45. The van der Waals surface area contributed by atoms with Crippen molar-refractivity contribution in [2.24, 2.45) is 0 Å². The van der Waals surface area contributed by atoms with Crippen molar-refractivity contribution in [3.63, 3.8) is 0 Å². The van der Waals surface area contributed by atoms with Crippen LogP contribution in [0.4, 0.5) is 0 Å². The average Bonchev–Trinajstić information content (AvgIpc) is 2.95. The van der Waals surface area contributed by atoms with Gasteiger partial charge in [0.2, 0.25) is 5.88 Å². The number of carbonyl (C=O) groups excluding carboxylic acids is 1. The Hall–Kier alpha value is -1.88. The number of ether oxygens (including phenoxy) is 1. The highest BCUT2D eigenvalue weighted by Crippen LogP contribution is 2.26. The van der Waals surface area contributed by atoms with E-state index in [2.05, 4.69) is 16.4 Å². The maximum atomic E-state index is 12.6. The zero-order valence-electron chi connectivity index (χ0n) is 11.3. The van der Waals surface area contributed by atoms with Crippen LogP contribution in [-0.2, 0) is 13.0 Å². The lowest BCUT2D eigenvalue weighted by atomic mass is 10.1. The number of rotatable bonds is 3. The van der Waals surface area contributed by atoms with Crippen LogP contribution >= 0.6 is 11.3 Å². The smallest absolute Gasteiger partial charge is 0.259 e. The summed E-state index contributed by atoms with van der Waals surface area (Å²) in [6.45, 7) is 3.83. The number of pyridine rings is 1. The van der Waals surface area contributed by atoms with Crippen LogP contribution in [0, 0.1) is 0 Å². The summed E-state index contributed by atoms with van der Waals surface area (Å²) in [5.41, 5.74) is 1.81. The molecular formula is C15H16N2O2S. The van der Waals surface area contributed by atoms with Crippen LogP contribution in [0.15, 0.2) is 29.8 Å². The monoisotopic (exact) mass is 288 g/mol. The molecule has 5 heteroatoms. The summed E-state index contributed by atoms with van der Waals surface area (Å²) in [5, 5.41) is 2.09. The van der Waals surface area contributed by atoms with E-state index in [1.54, 1.807) is 29.7 Å². The van der Waals surface area contributed by atoms with Gasteiger partial charge in [-0.25, -0.2) is 4.98 Å². The number of amides is 1. The van der Waals surface area contributed by atoms with Gasteiger partial charge >= 0.3 is 0 Å². The summed E-state index contributed by atoms with van der Waals surface area (Å²) in [6.07, 6.45) is 2.58. The topological polar surface area (TPSA) is 42.4 Å². The minimum absolute atomic E-state index is 0.00148. The molecule has 3 heterocycles. The minimum Gasteiger partial charge on any atom is -0.477 e. The molecule has 0 saturated carbocycles. The van der Waals surface area contributed by atoms with Gasteiger partial charge in [-0.05, 0) is 42.5 Å². The van der Waals surface area contributed by atoms with E-state index in [4.69, 9.17) is 4.74 Å². The van der Waals surface area contributed by atoms with Crippen LogP contribution in [0.1, 0.15) is 27.7 Å². The Kier molecular flexibility index (Phi) is 3.69. The highest BCUT2D eigenvalue weighted by molar-refractivity contribution is 7.10. The maximum Gasteiger partial charge on any atom is 0.259 e.